The molecule has 0 fully saturated rings. The lowest BCUT2D eigenvalue weighted by Crippen LogP contribution is -2.11. The normalized spacial score (nSPS) is 10.7. The lowest BCUT2D eigenvalue weighted by atomic mass is 10.2. The van der Waals surface area contributed by atoms with Gasteiger partial charge in [-0.15, -0.1) is 0 Å². The number of carboxylic acid groups (broad SMARTS) is 1. The molecule has 0 saturated heterocycles. The van der Waals surface area contributed by atoms with Gasteiger partial charge in [-0.2, -0.15) is 17.6 Å². The van der Waals surface area contributed by atoms with Crippen molar-refractivity contribution in [2.75, 3.05) is 0 Å². The summed E-state index contributed by atoms with van der Waals surface area (Å²) in [6.45, 7) is -6.63. The molecule has 1 aromatic carbocycles. The fraction of sp³-hybridized carbons (Fsp3) is 0.222. The van der Waals surface area contributed by atoms with E-state index in [9.17, 15) is 22.4 Å². The Hall–Kier alpha value is -1.99. The van der Waals surface area contributed by atoms with Gasteiger partial charge in [-0.25, -0.2) is 4.79 Å². The quantitative estimate of drug-likeness (QED) is 0.820. The Morgan fingerprint density at radius 2 is 1.71 bits per heavy atom. The first-order valence-corrected chi connectivity index (χ1v) is 4.17. The molecular weight excluding hydrogens is 248 g/mol. The highest BCUT2D eigenvalue weighted by atomic mass is 19.3. The van der Waals surface area contributed by atoms with Crippen molar-refractivity contribution in [3.8, 4) is 11.5 Å². The predicted molar refractivity (Wildman–Crippen MR) is 46.7 cm³/mol. The zero-order valence-electron chi connectivity index (χ0n) is 8.07. The van der Waals surface area contributed by atoms with Gasteiger partial charge in [-0.1, -0.05) is 6.07 Å². The number of halogens is 4. The Kier molecular flexibility index (Phi) is 4.13. The molecule has 0 aromatic heterocycles. The van der Waals surface area contributed by atoms with Crippen molar-refractivity contribution >= 4 is 5.97 Å². The topological polar surface area (TPSA) is 55.8 Å². The number of ether oxygens (including phenoxy) is 2. The number of para-hydroxylation sites is 1. The van der Waals surface area contributed by atoms with Crippen LogP contribution >= 0.6 is 0 Å². The summed E-state index contributed by atoms with van der Waals surface area (Å²) < 4.78 is 55.7. The van der Waals surface area contributed by atoms with Crippen LogP contribution in [0.1, 0.15) is 10.4 Å². The van der Waals surface area contributed by atoms with Gasteiger partial charge in [0.2, 0.25) is 0 Å². The molecule has 0 amide bonds. The van der Waals surface area contributed by atoms with E-state index in [4.69, 9.17) is 5.11 Å². The molecule has 0 aliphatic rings. The molecule has 0 atom stereocenters. The maximum atomic E-state index is 12.0. The van der Waals surface area contributed by atoms with Crippen LogP contribution in [0.4, 0.5) is 17.6 Å². The average Bonchev–Trinajstić information content (AvgIpc) is 2.18. The molecule has 4 nitrogen and oxygen atoms in total. The largest absolute Gasteiger partial charge is 0.478 e. The first-order valence-electron chi connectivity index (χ1n) is 4.17. The molecule has 0 aliphatic carbocycles. The summed E-state index contributed by atoms with van der Waals surface area (Å²) >= 11 is 0. The maximum absolute atomic E-state index is 12.0. The maximum Gasteiger partial charge on any atom is 0.387 e. The Balaban J connectivity index is 3.18. The molecule has 1 rings (SSSR count). The highest BCUT2D eigenvalue weighted by Gasteiger charge is 2.21. The van der Waals surface area contributed by atoms with Gasteiger partial charge in [0.1, 0.15) is 5.56 Å². The monoisotopic (exact) mass is 254 g/mol. The second-order valence-corrected chi connectivity index (χ2v) is 2.69. The van der Waals surface area contributed by atoms with Crippen molar-refractivity contribution in [2.24, 2.45) is 0 Å². The molecule has 94 valence electrons. The van der Waals surface area contributed by atoms with E-state index in [2.05, 4.69) is 9.47 Å². The molecule has 8 heteroatoms. The first-order chi connectivity index (χ1) is 7.91. The molecule has 17 heavy (non-hydrogen) atoms. The Bertz CT molecular complexity index is 408. The fourth-order valence-electron chi connectivity index (χ4n) is 1.08. The van der Waals surface area contributed by atoms with E-state index in [0.717, 1.165) is 18.2 Å². The third-order valence-electron chi connectivity index (χ3n) is 1.63. The summed E-state index contributed by atoms with van der Waals surface area (Å²) in [5.41, 5.74) is -0.691. The minimum atomic E-state index is -3.35. The van der Waals surface area contributed by atoms with Gasteiger partial charge in [0.25, 0.3) is 0 Å². The van der Waals surface area contributed by atoms with E-state index in [0.29, 0.717) is 0 Å². The predicted octanol–water partition coefficient (Wildman–Crippen LogP) is 2.59. The molecule has 1 aromatic rings. The molecule has 0 bridgehead atoms. The van der Waals surface area contributed by atoms with E-state index < -0.39 is 36.3 Å². The van der Waals surface area contributed by atoms with Crippen LogP contribution in [-0.2, 0) is 0 Å². The zero-order chi connectivity index (χ0) is 13.0. The highest BCUT2D eigenvalue weighted by Crippen LogP contribution is 2.33. The molecule has 0 spiro atoms. The van der Waals surface area contributed by atoms with E-state index in [1.165, 1.54) is 0 Å². The number of rotatable bonds is 5. The number of hydrogen-bond donors (Lipinski definition) is 1. The van der Waals surface area contributed by atoms with Gasteiger partial charge < -0.3 is 14.6 Å². The van der Waals surface area contributed by atoms with E-state index >= 15 is 0 Å². The number of carbonyl (C=O) groups is 1. The van der Waals surface area contributed by atoms with Crippen molar-refractivity contribution in [3.05, 3.63) is 23.8 Å². The van der Waals surface area contributed by atoms with E-state index in [1.807, 2.05) is 0 Å². The smallest absolute Gasteiger partial charge is 0.387 e. The third-order valence-corrected chi connectivity index (χ3v) is 1.63. The van der Waals surface area contributed by atoms with Crippen LogP contribution in [0.3, 0.4) is 0 Å². The Morgan fingerprint density at radius 3 is 2.18 bits per heavy atom. The minimum Gasteiger partial charge on any atom is -0.478 e. The zero-order valence-corrected chi connectivity index (χ0v) is 8.07. The summed E-state index contributed by atoms with van der Waals surface area (Å²) in [5, 5.41) is 8.67. The van der Waals surface area contributed by atoms with Crippen LogP contribution in [-0.4, -0.2) is 24.3 Å². The summed E-state index contributed by atoms with van der Waals surface area (Å²) in [5.74, 6) is -3.30. The van der Waals surface area contributed by atoms with Gasteiger partial charge in [-0.3, -0.25) is 0 Å². The second kappa shape index (κ2) is 5.37. The van der Waals surface area contributed by atoms with Gasteiger partial charge in [-0.05, 0) is 12.1 Å². The molecule has 0 heterocycles. The molecule has 0 aliphatic heterocycles. The van der Waals surface area contributed by atoms with Crippen LogP contribution in [0.2, 0.25) is 0 Å². The number of benzene rings is 1. The van der Waals surface area contributed by atoms with Crippen LogP contribution < -0.4 is 9.47 Å². The van der Waals surface area contributed by atoms with Crippen LogP contribution in [0.25, 0.3) is 0 Å². The highest BCUT2D eigenvalue weighted by molar-refractivity contribution is 5.92. The summed E-state index contributed by atoms with van der Waals surface area (Å²) in [6, 6.07) is 2.90. The van der Waals surface area contributed by atoms with Crippen molar-refractivity contribution in [3.63, 3.8) is 0 Å². The van der Waals surface area contributed by atoms with E-state index in [-0.39, 0.29) is 0 Å². The fourth-order valence-corrected chi connectivity index (χ4v) is 1.08. The molecule has 0 radical (unpaired) electrons. The number of hydrogen-bond acceptors (Lipinski definition) is 3. The average molecular weight is 254 g/mol. The van der Waals surface area contributed by atoms with Crippen molar-refractivity contribution in [1.29, 1.82) is 0 Å². The summed E-state index contributed by atoms with van der Waals surface area (Å²) in [6.07, 6.45) is 0. The molecule has 0 saturated carbocycles. The summed E-state index contributed by atoms with van der Waals surface area (Å²) in [7, 11) is 0. The second-order valence-electron chi connectivity index (χ2n) is 2.69. The minimum absolute atomic E-state index is 0.691. The van der Waals surface area contributed by atoms with Crippen molar-refractivity contribution in [1.82, 2.24) is 0 Å². The Labute approximate surface area is 92.4 Å². The number of alkyl halides is 4. The van der Waals surface area contributed by atoms with Gasteiger partial charge >= 0.3 is 19.2 Å². The van der Waals surface area contributed by atoms with Crippen LogP contribution in [0, 0.1) is 0 Å². The van der Waals surface area contributed by atoms with Crippen molar-refractivity contribution < 1.29 is 36.9 Å². The van der Waals surface area contributed by atoms with Crippen LogP contribution in [0.5, 0.6) is 11.5 Å². The Morgan fingerprint density at radius 1 is 1.12 bits per heavy atom. The van der Waals surface area contributed by atoms with Gasteiger partial charge in [0.15, 0.2) is 11.5 Å². The number of carboxylic acids is 1. The van der Waals surface area contributed by atoms with Crippen LogP contribution in [0.15, 0.2) is 18.2 Å². The molecule has 0 unspecified atom stereocenters. The SMILES string of the molecule is O=C(O)c1cccc(OC(F)F)c1OC(F)F. The molecular formula is C9H6F4O4. The first kappa shape index (κ1) is 13.1. The van der Waals surface area contributed by atoms with E-state index in [1.54, 1.807) is 0 Å². The lowest BCUT2D eigenvalue weighted by molar-refractivity contribution is -0.0696. The van der Waals surface area contributed by atoms with Crippen molar-refractivity contribution in [2.45, 2.75) is 13.2 Å². The van der Waals surface area contributed by atoms with Gasteiger partial charge in [0.05, 0.1) is 0 Å². The molecule has 1 N–H and O–H groups in total. The number of aromatic carboxylic acids is 1. The lowest BCUT2D eigenvalue weighted by Gasteiger charge is -2.13. The van der Waals surface area contributed by atoms with Gasteiger partial charge in [0, 0.05) is 0 Å². The third kappa shape index (κ3) is 3.51. The standard InChI is InChI=1S/C9H6F4O4/c10-8(11)16-5-3-1-2-4(7(14)15)6(5)17-9(12)13/h1-3,8-9H,(H,14,15). The summed E-state index contributed by atoms with van der Waals surface area (Å²) in [4.78, 5) is 10.7.